The van der Waals surface area contributed by atoms with E-state index < -0.39 is 18.3 Å². The lowest BCUT2D eigenvalue weighted by atomic mass is 10.4. The number of carbonyl (C=O) groups excluding carboxylic acids is 1. The summed E-state index contributed by atoms with van der Waals surface area (Å²) in [5.41, 5.74) is 0. The van der Waals surface area contributed by atoms with Gasteiger partial charge in [-0.15, -0.1) is 0 Å². The first-order valence-corrected chi connectivity index (χ1v) is 2.41. The zero-order valence-corrected chi connectivity index (χ0v) is 4.96. The Kier molecular flexibility index (Phi) is 2.62. The van der Waals surface area contributed by atoms with E-state index in [4.69, 9.17) is 6.48 Å². The van der Waals surface area contributed by atoms with Crippen LogP contribution in [0, 0.1) is 0 Å². The standard InChI is InChI=1S/C5H8O4/c1-2-9-5(8)3-4(6)7/h2-3H2,1H3,(H,6,7)/i3D. The molecule has 0 aromatic heterocycles. The lowest BCUT2D eigenvalue weighted by molar-refractivity contribution is -0.150. The van der Waals surface area contributed by atoms with Crippen molar-refractivity contribution >= 4 is 11.9 Å². The molecule has 1 atom stereocenters. The molecular weight excluding hydrogens is 124 g/mol. The van der Waals surface area contributed by atoms with E-state index in [1.165, 1.54) is 0 Å². The maximum atomic E-state index is 10.4. The fourth-order valence-electron chi connectivity index (χ4n) is 0.285. The summed E-state index contributed by atoms with van der Waals surface area (Å²) in [7, 11) is 0. The van der Waals surface area contributed by atoms with Crippen LogP contribution in [0.25, 0.3) is 0 Å². The molecule has 0 saturated carbocycles. The second-order valence-electron chi connectivity index (χ2n) is 1.23. The lowest BCUT2D eigenvalue weighted by Gasteiger charge is -1.95. The van der Waals surface area contributed by atoms with Gasteiger partial charge in [0.05, 0.1) is 7.98 Å². The predicted molar refractivity (Wildman–Crippen MR) is 28.9 cm³/mol. The third-order valence-electron chi connectivity index (χ3n) is 0.528. The Hall–Kier alpha value is -1.06. The van der Waals surface area contributed by atoms with Crippen molar-refractivity contribution in [2.45, 2.75) is 13.3 Å². The van der Waals surface area contributed by atoms with E-state index in [-0.39, 0.29) is 6.61 Å². The average Bonchev–Trinajstić information content (AvgIpc) is 1.87. The van der Waals surface area contributed by atoms with Crippen molar-refractivity contribution in [2.75, 3.05) is 6.61 Å². The van der Waals surface area contributed by atoms with Gasteiger partial charge in [-0.3, -0.25) is 9.59 Å². The topological polar surface area (TPSA) is 63.6 Å². The normalized spacial score (nSPS) is 13.7. The number of hydrogen-bond donors (Lipinski definition) is 1. The van der Waals surface area contributed by atoms with E-state index in [9.17, 15) is 9.59 Å². The number of esters is 1. The van der Waals surface area contributed by atoms with Gasteiger partial charge in [0.2, 0.25) is 0 Å². The number of ether oxygens (including phenoxy) is 1. The molecule has 1 unspecified atom stereocenters. The summed E-state index contributed by atoms with van der Waals surface area (Å²) in [6.07, 6.45) is -1.81. The van der Waals surface area contributed by atoms with Gasteiger partial charge in [0.15, 0.2) is 0 Å². The molecule has 0 bridgehead atoms. The fourth-order valence-corrected chi connectivity index (χ4v) is 0.285. The van der Waals surface area contributed by atoms with E-state index in [2.05, 4.69) is 4.74 Å². The SMILES string of the molecule is [2H]C(C(=O)O)C(=O)OCC. The third kappa shape index (κ3) is 4.80. The minimum absolute atomic E-state index is 0.0987. The van der Waals surface area contributed by atoms with Crippen LogP contribution in [0.3, 0.4) is 0 Å². The van der Waals surface area contributed by atoms with Gasteiger partial charge in [-0.05, 0) is 6.92 Å². The Balaban J connectivity index is 3.82. The molecular formula is C5H8O4. The zero-order valence-electron chi connectivity index (χ0n) is 5.96. The summed E-state index contributed by atoms with van der Waals surface area (Å²) in [4.78, 5) is 20.3. The van der Waals surface area contributed by atoms with Crippen molar-refractivity contribution in [1.82, 2.24) is 0 Å². The highest BCUT2D eigenvalue weighted by Gasteiger charge is 2.06. The van der Waals surface area contributed by atoms with Crippen LogP contribution in [0.2, 0.25) is 0 Å². The Labute approximate surface area is 53.8 Å². The number of carboxylic acid groups (broad SMARTS) is 1. The van der Waals surface area contributed by atoms with Gasteiger partial charge in [-0.2, -0.15) is 0 Å². The van der Waals surface area contributed by atoms with E-state index in [1.807, 2.05) is 0 Å². The molecule has 0 saturated heterocycles. The second-order valence-corrected chi connectivity index (χ2v) is 1.23. The molecule has 0 amide bonds. The van der Waals surface area contributed by atoms with E-state index in [1.54, 1.807) is 6.92 Å². The molecule has 0 radical (unpaired) electrons. The Morgan fingerprint density at radius 2 is 2.33 bits per heavy atom. The summed E-state index contributed by atoms with van der Waals surface area (Å²) in [6.45, 7) is 1.65. The third-order valence-corrected chi connectivity index (χ3v) is 0.528. The number of carboxylic acids is 1. The van der Waals surface area contributed by atoms with Crippen LogP contribution in [0.5, 0.6) is 0 Å². The Bertz CT molecular complexity index is 145. The lowest BCUT2D eigenvalue weighted by Crippen LogP contribution is -2.09. The van der Waals surface area contributed by atoms with Crippen molar-refractivity contribution in [3.05, 3.63) is 0 Å². The van der Waals surface area contributed by atoms with E-state index in [0.717, 1.165) is 0 Å². The molecule has 9 heavy (non-hydrogen) atoms. The van der Waals surface area contributed by atoms with Gasteiger partial charge in [0.25, 0.3) is 0 Å². The zero-order chi connectivity index (χ0) is 8.15. The average molecular weight is 133 g/mol. The second kappa shape index (κ2) is 3.88. The van der Waals surface area contributed by atoms with Crippen molar-refractivity contribution in [2.24, 2.45) is 0 Å². The smallest absolute Gasteiger partial charge is 0.317 e. The minimum atomic E-state index is -1.81. The van der Waals surface area contributed by atoms with Crippen LogP contribution in [0.1, 0.15) is 14.7 Å². The highest BCUT2D eigenvalue weighted by atomic mass is 16.5. The largest absolute Gasteiger partial charge is 0.481 e. The summed E-state index contributed by atoms with van der Waals surface area (Å²) in [5, 5.41) is 8.09. The summed E-state index contributed by atoms with van der Waals surface area (Å²) >= 11 is 0. The highest BCUT2D eigenvalue weighted by molar-refractivity contribution is 5.90. The van der Waals surface area contributed by atoms with E-state index >= 15 is 0 Å². The molecule has 1 N–H and O–H groups in total. The molecule has 0 aliphatic carbocycles. The maximum absolute atomic E-state index is 10.4. The first-order valence-electron chi connectivity index (χ1n) is 2.99. The molecule has 0 rings (SSSR count). The van der Waals surface area contributed by atoms with Crippen LogP contribution in [0.4, 0.5) is 0 Å². The quantitative estimate of drug-likeness (QED) is 0.435. The van der Waals surface area contributed by atoms with Crippen LogP contribution in [0.15, 0.2) is 0 Å². The van der Waals surface area contributed by atoms with Crippen molar-refractivity contribution in [3.8, 4) is 0 Å². The molecule has 0 aliphatic heterocycles. The van der Waals surface area contributed by atoms with E-state index in [0.29, 0.717) is 0 Å². The molecule has 0 aliphatic rings. The maximum Gasteiger partial charge on any atom is 0.317 e. The molecule has 52 valence electrons. The van der Waals surface area contributed by atoms with Gasteiger partial charge < -0.3 is 9.84 Å². The molecule has 0 heterocycles. The van der Waals surface area contributed by atoms with Crippen LogP contribution >= 0.6 is 0 Å². The number of aliphatic carboxylic acids is 1. The minimum Gasteiger partial charge on any atom is -0.481 e. The Morgan fingerprint density at radius 3 is 2.67 bits per heavy atom. The van der Waals surface area contributed by atoms with Crippen LogP contribution in [-0.2, 0) is 14.3 Å². The van der Waals surface area contributed by atoms with Gasteiger partial charge in [0.1, 0.15) is 6.40 Å². The fraction of sp³-hybridized carbons (Fsp3) is 0.600. The Morgan fingerprint density at radius 1 is 1.78 bits per heavy atom. The monoisotopic (exact) mass is 133 g/mol. The predicted octanol–water partition coefficient (Wildman–Crippen LogP) is 0.0242. The summed E-state index contributed by atoms with van der Waals surface area (Å²) in [6, 6.07) is 0. The molecule has 0 spiro atoms. The number of carbonyl (C=O) groups is 2. The molecule has 0 aromatic rings. The highest BCUT2D eigenvalue weighted by Crippen LogP contribution is 1.84. The molecule has 4 nitrogen and oxygen atoms in total. The van der Waals surface area contributed by atoms with Crippen LogP contribution < -0.4 is 0 Å². The molecule has 0 aromatic carbocycles. The first-order chi connectivity index (χ1) is 4.59. The number of hydrogen-bond acceptors (Lipinski definition) is 3. The van der Waals surface area contributed by atoms with Gasteiger partial charge in [-0.25, -0.2) is 0 Å². The van der Waals surface area contributed by atoms with Gasteiger partial charge in [0, 0.05) is 0 Å². The van der Waals surface area contributed by atoms with Crippen molar-refractivity contribution in [1.29, 1.82) is 0 Å². The van der Waals surface area contributed by atoms with Crippen molar-refractivity contribution < 1.29 is 20.8 Å². The van der Waals surface area contributed by atoms with Crippen LogP contribution in [-0.4, -0.2) is 23.7 Å². The summed E-state index contributed by atoms with van der Waals surface area (Å²) < 4.78 is 10.9. The van der Waals surface area contributed by atoms with Gasteiger partial charge >= 0.3 is 11.9 Å². The molecule has 4 heteroatoms. The first kappa shape index (κ1) is 6.07. The summed E-state index contributed by atoms with van der Waals surface area (Å²) in [5.74, 6) is -2.51. The number of rotatable bonds is 3. The van der Waals surface area contributed by atoms with Crippen molar-refractivity contribution in [3.63, 3.8) is 0 Å². The van der Waals surface area contributed by atoms with Gasteiger partial charge in [-0.1, -0.05) is 0 Å². The molecule has 0 fully saturated rings.